The molecule has 1 atom stereocenters. The van der Waals surface area contributed by atoms with Crippen LogP contribution in [0.3, 0.4) is 0 Å². The highest BCUT2D eigenvalue weighted by molar-refractivity contribution is 9.10. The fourth-order valence-corrected chi connectivity index (χ4v) is 1.29. The maximum Gasteiger partial charge on any atom is 0.122 e. The van der Waals surface area contributed by atoms with E-state index in [1.165, 1.54) is 0 Å². The topological polar surface area (TPSA) is 46.2 Å². The average Bonchev–Trinajstić information content (AvgIpc) is 2.06. The number of nitrogens with two attached hydrogens (primary N) is 1. The zero-order valence-corrected chi connectivity index (χ0v) is 8.95. The molecular formula is C10H12BrNO. The molecule has 0 spiro atoms. The Morgan fingerprint density at radius 3 is 2.85 bits per heavy atom. The molecule has 0 bridgehead atoms. The van der Waals surface area contributed by atoms with Crippen molar-refractivity contribution in [3.05, 3.63) is 34.3 Å². The first-order valence-electron chi connectivity index (χ1n) is 4.02. The molecule has 0 aliphatic rings. The molecule has 0 radical (unpaired) electrons. The van der Waals surface area contributed by atoms with Crippen LogP contribution >= 0.6 is 15.9 Å². The Hall–Kier alpha value is -0.800. The van der Waals surface area contributed by atoms with Crippen LogP contribution in [0.5, 0.6) is 5.75 Å². The summed E-state index contributed by atoms with van der Waals surface area (Å²) in [4.78, 5) is 0. The Labute approximate surface area is 86.2 Å². The van der Waals surface area contributed by atoms with Crippen LogP contribution in [0.25, 0.3) is 6.08 Å². The molecule has 3 heteroatoms. The summed E-state index contributed by atoms with van der Waals surface area (Å²) < 4.78 is 0.939. The van der Waals surface area contributed by atoms with E-state index in [-0.39, 0.29) is 11.8 Å². The number of hydrogen-bond donors (Lipinski definition) is 2. The second-order valence-electron chi connectivity index (χ2n) is 2.92. The molecule has 1 unspecified atom stereocenters. The first-order chi connectivity index (χ1) is 6.09. The van der Waals surface area contributed by atoms with Gasteiger partial charge in [0.15, 0.2) is 0 Å². The van der Waals surface area contributed by atoms with E-state index < -0.39 is 0 Å². The highest BCUT2D eigenvalue weighted by atomic mass is 79.9. The minimum absolute atomic E-state index is 0.00150. The van der Waals surface area contributed by atoms with Gasteiger partial charge in [-0.1, -0.05) is 28.1 Å². The standard InChI is InChI=1S/C10H12BrNO/c1-7(12)2-3-8-6-9(11)4-5-10(8)13/h2-7,13H,12H2,1H3/b3-2+. The van der Waals surface area contributed by atoms with E-state index in [0.29, 0.717) is 0 Å². The molecule has 0 saturated heterocycles. The second kappa shape index (κ2) is 4.44. The Morgan fingerprint density at radius 1 is 1.54 bits per heavy atom. The fourth-order valence-electron chi connectivity index (χ4n) is 0.914. The molecular weight excluding hydrogens is 230 g/mol. The molecule has 0 aromatic heterocycles. The van der Waals surface area contributed by atoms with Crippen molar-refractivity contribution in [1.82, 2.24) is 0 Å². The maximum atomic E-state index is 9.43. The Kier molecular flexibility index (Phi) is 3.51. The summed E-state index contributed by atoms with van der Waals surface area (Å²) >= 11 is 3.33. The van der Waals surface area contributed by atoms with E-state index >= 15 is 0 Å². The summed E-state index contributed by atoms with van der Waals surface area (Å²) in [5, 5.41) is 9.43. The molecule has 1 aromatic rings. The van der Waals surface area contributed by atoms with Gasteiger partial charge in [-0.3, -0.25) is 0 Å². The van der Waals surface area contributed by atoms with Gasteiger partial charge in [-0.15, -0.1) is 0 Å². The van der Waals surface area contributed by atoms with Gasteiger partial charge in [0, 0.05) is 16.1 Å². The van der Waals surface area contributed by atoms with Crippen molar-refractivity contribution in [3.63, 3.8) is 0 Å². The third-order valence-corrected chi connectivity index (χ3v) is 2.06. The lowest BCUT2D eigenvalue weighted by molar-refractivity contribution is 0.474. The van der Waals surface area contributed by atoms with E-state index in [9.17, 15) is 5.11 Å². The van der Waals surface area contributed by atoms with Gasteiger partial charge in [-0.05, 0) is 25.1 Å². The third-order valence-electron chi connectivity index (χ3n) is 1.57. The smallest absolute Gasteiger partial charge is 0.122 e. The molecule has 0 heterocycles. The number of rotatable bonds is 2. The van der Waals surface area contributed by atoms with Gasteiger partial charge < -0.3 is 10.8 Å². The van der Waals surface area contributed by atoms with Crippen molar-refractivity contribution in [3.8, 4) is 5.75 Å². The molecule has 1 rings (SSSR count). The van der Waals surface area contributed by atoms with Crippen molar-refractivity contribution < 1.29 is 5.11 Å². The van der Waals surface area contributed by atoms with Gasteiger partial charge in [-0.25, -0.2) is 0 Å². The van der Waals surface area contributed by atoms with Crippen LogP contribution < -0.4 is 5.73 Å². The maximum absolute atomic E-state index is 9.43. The van der Waals surface area contributed by atoms with E-state index in [4.69, 9.17) is 5.73 Å². The van der Waals surface area contributed by atoms with E-state index in [1.54, 1.807) is 12.1 Å². The number of phenols is 1. The van der Waals surface area contributed by atoms with Crippen LogP contribution in [0.15, 0.2) is 28.7 Å². The van der Waals surface area contributed by atoms with Crippen molar-refractivity contribution in [1.29, 1.82) is 0 Å². The highest BCUT2D eigenvalue weighted by Gasteiger charge is 1.97. The summed E-state index contributed by atoms with van der Waals surface area (Å²) in [6.07, 6.45) is 3.65. The minimum atomic E-state index is -0.00150. The van der Waals surface area contributed by atoms with Crippen LogP contribution in [-0.2, 0) is 0 Å². The molecule has 3 N–H and O–H groups in total. The molecule has 70 valence electrons. The fraction of sp³-hybridized carbons (Fsp3) is 0.200. The Balaban J connectivity index is 2.93. The van der Waals surface area contributed by atoms with Crippen LogP contribution in [0.2, 0.25) is 0 Å². The number of phenolic OH excluding ortho intramolecular Hbond substituents is 1. The molecule has 0 aliphatic carbocycles. The monoisotopic (exact) mass is 241 g/mol. The Bertz CT molecular complexity index is 321. The van der Waals surface area contributed by atoms with Gasteiger partial charge in [-0.2, -0.15) is 0 Å². The van der Waals surface area contributed by atoms with Gasteiger partial charge in [0.05, 0.1) is 0 Å². The summed E-state index contributed by atoms with van der Waals surface area (Å²) in [6, 6.07) is 5.27. The number of halogens is 1. The van der Waals surface area contributed by atoms with Gasteiger partial charge in [0.1, 0.15) is 5.75 Å². The normalized spacial score (nSPS) is 13.5. The lowest BCUT2D eigenvalue weighted by atomic mass is 10.1. The number of hydrogen-bond acceptors (Lipinski definition) is 2. The van der Waals surface area contributed by atoms with E-state index in [0.717, 1.165) is 10.0 Å². The summed E-state index contributed by atoms with van der Waals surface area (Å²) in [7, 11) is 0. The molecule has 0 saturated carbocycles. The van der Waals surface area contributed by atoms with Gasteiger partial charge in [0.2, 0.25) is 0 Å². The van der Waals surface area contributed by atoms with Crippen molar-refractivity contribution in [2.24, 2.45) is 5.73 Å². The summed E-state index contributed by atoms with van der Waals surface area (Å²) in [6.45, 7) is 1.88. The predicted molar refractivity (Wildman–Crippen MR) is 58.5 cm³/mol. The van der Waals surface area contributed by atoms with Crippen molar-refractivity contribution in [2.45, 2.75) is 13.0 Å². The zero-order chi connectivity index (χ0) is 9.84. The van der Waals surface area contributed by atoms with Crippen LogP contribution in [-0.4, -0.2) is 11.1 Å². The van der Waals surface area contributed by atoms with Crippen LogP contribution in [0.4, 0.5) is 0 Å². The average molecular weight is 242 g/mol. The van der Waals surface area contributed by atoms with Gasteiger partial charge in [0.25, 0.3) is 0 Å². The summed E-state index contributed by atoms with van der Waals surface area (Å²) in [5.74, 6) is 0.264. The number of aromatic hydroxyl groups is 1. The van der Waals surface area contributed by atoms with Crippen molar-refractivity contribution >= 4 is 22.0 Å². The molecule has 1 aromatic carbocycles. The SMILES string of the molecule is CC(N)/C=C/c1cc(Br)ccc1O. The predicted octanol–water partition coefficient (Wildman–Crippen LogP) is 2.52. The quantitative estimate of drug-likeness (QED) is 0.836. The minimum Gasteiger partial charge on any atom is -0.507 e. The third kappa shape index (κ3) is 3.20. The van der Waals surface area contributed by atoms with E-state index in [1.807, 2.05) is 25.1 Å². The molecule has 0 amide bonds. The van der Waals surface area contributed by atoms with E-state index in [2.05, 4.69) is 15.9 Å². The molecule has 0 aliphatic heterocycles. The second-order valence-corrected chi connectivity index (χ2v) is 3.84. The van der Waals surface area contributed by atoms with Crippen molar-refractivity contribution in [2.75, 3.05) is 0 Å². The Morgan fingerprint density at radius 2 is 2.23 bits per heavy atom. The highest BCUT2D eigenvalue weighted by Crippen LogP contribution is 2.22. The molecule has 2 nitrogen and oxygen atoms in total. The largest absolute Gasteiger partial charge is 0.507 e. The van der Waals surface area contributed by atoms with Gasteiger partial charge >= 0.3 is 0 Å². The lowest BCUT2D eigenvalue weighted by Crippen LogP contribution is -2.09. The lowest BCUT2D eigenvalue weighted by Gasteiger charge is -2.00. The summed E-state index contributed by atoms with van der Waals surface area (Å²) in [5.41, 5.74) is 6.32. The zero-order valence-electron chi connectivity index (χ0n) is 7.37. The molecule has 0 fully saturated rings. The molecule has 13 heavy (non-hydrogen) atoms. The first-order valence-corrected chi connectivity index (χ1v) is 4.81. The number of benzene rings is 1. The van der Waals surface area contributed by atoms with Crippen LogP contribution in [0, 0.1) is 0 Å². The first kappa shape index (κ1) is 10.3. The van der Waals surface area contributed by atoms with Crippen LogP contribution in [0.1, 0.15) is 12.5 Å².